The van der Waals surface area contributed by atoms with Crippen LogP contribution < -0.4 is 10.7 Å². The summed E-state index contributed by atoms with van der Waals surface area (Å²) in [6.45, 7) is 12.1. The summed E-state index contributed by atoms with van der Waals surface area (Å²) in [5.41, 5.74) is 7.71. The van der Waals surface area contributed by atoms with E-state index in [9.17, 15) is 14.7 Å². The molecule has 0 bridgehead atoms. The van der Waals surface area contributed by atoms with Gasteiger partial charge in [0.05, 0.1) is 5.56 Å². The number of rotatable bonds is 6. The van der Waals surface area contributed by atoms with Crippen LogP contribution in [0.1, 0.15) is 83.5 Å². The number of ketones is 1. The van der Waals surface area contributed by atoms with Crippen molar-refractivity contribution < 1.29 is 14.7 Å². The molecule has 1 saturated heterocycles. The van der Waals surface area contributed by atoms with Crippen LogP contribution in [0.4, 0.5) is 0 Å². The van der Waals surface area contributed by atoms with E-state index in [-0.39, 0.29) is 29.1 Å². The Bertz CT molecular complexity index is 1080. The Kier molecular flexibility index (Phi) is 6.94. The highest BCUT2D eigenvalue weighted by Gasteiger charge is 2.39. The Balaban J connectivity index is 1.74. The predicted molar refractivity (Wildman–Crippen MR) is 134 cm³/mol. The van der Waals surface area contributed by atoms with Gasteiger partial charge in [-0.1, -0.05) is 45.9 Å². The molecule has 2 aliphatic rings. The molecule has 0 unspecified atom stereocenters. The highest BCUT2D eigenvalue weighted by atomic mass is 16.3. The van der Waals surface area contributed by atoms with Gasteiger partial charge in [-0.05, 0) is 65.0 Å². The van der Waals surface area contributed by atoms with Gasteiger partial charge in [-0.3, -0.25) is 15.0 Å². The number of hydrazine groups is 1. The van der Waals surface area contributed by atoms with Crippen molar-refractivity contribution in [1.29, 1.82) is 0 Å². The van der Waals surface area contributed by atoms with Crippen LogP contribution in [0, 0.1) is 0 Å². The van der Waals surface area contributed by atoms with Gasteiger partial charge < -0.3 is 10.4 Å². The topological polar surface area (TPSA) is 81.7 Å². The van der Waals surface area contributed by atoms with Crippen molar-refractivity contribution in [1.82, 2.24) is 15.8 Å². The van der Waals surface area contributed by atoms with E-state index in [1.807, 2.05) is 17.1 Å². The van der Waals surface area contributed by atoms with Crippen LogP contribution in [0.25, 0.3) is 0 Å². The molecule has 0 aromatic heterocycles. The molecular formula is C28H37N3O3. The lowest BCUT2D eigenvalue weighted by Crippen LogP contribution is -2.52. The molecule has 4 rings (SSSR count). The van der Waals surface area contributed by atoms with E-state index >= 15 is 0 Å². The van der Waals surface area contributed by atoms with Crippen LogP contribution in [0.15, 0.2) is 36.4 Å². The third-order valence-electron chi connectivity index (χ3n) is 7.44. The van der Waals surface area contributed by atoms with Gasteiger partial charge in [0.1, 0.15) is 0 Å². The van der Waals surface area contributed by atoms with Crippen LogP contribution in [-0.2, 0) is 17.3 Å². The third kappa shape index (κ3) is 4.81. The zero-order chi connectivity index (χ0) is 24.5. The minimum atomic E-state index is -0.263. The third-order valence-corrected chi connectivity index (χ3v) is 7.44. The predicted octanol–water partition coefficient (Wildman–Crippen LogP) is 3.35. The normalized spacial score (nSPS) is 19.3. The summed E-state index contributed by atoms with van der Waals surface area (Å²) in [7, 11) is 0. The highest BCUT2D eigenvalue weighted by Crippen LogP contribution is 2.47. The van der Waals surface area contributed by atoms with E-state index in [0.717, 1.165) is 44.6 Å². The van der Waals surface area contributed by atoms with Gasteiger partial charge in [-0.25, -0.2) is 5.01 Å². The minimum Gasteiger partial charge on any atom is -0.396 e. The molecule has 2 aromatic rings. The molecule has 0 spiro atoms. The Labute approximate surface area is 202 Å². The first kappa shape index (κ1) is 24.6. The number of carbonyl (C=O) groups is 2. The average Bonchev–Trinajstić information content (AvgIpc) is 2.82. The van der Waals surface area contributed by atoms with Crippen LogP contribution in [0.2, 0.25) is 0 Å². The molecule has 1 aliphatic carbocycles. The molecule has 34 heavy (non-hydrogen) atoms. The van der Waals surface area contributed by atoms with E-state index in [1.54, 1.807) is 24.3 Å². The molecule has 1 amide bonds. The summed E-state index contributed by atoms with van der Waals surface area (Å²) in [6, 6.07) is 11.0. The number of nitrogens with one attached hydrogen (secondary N) is 2. The van der Waals surface area contributed by atoms with Crippen molar-refractivity contribution >= 4 is 11.7 Å². The fourth-order valence-electron chi connectivity index (χ4n) is 5.38. The first-order chi connectivity index (χ1) is 16.1. The zero-order valence-electron chi connectivity index (χ0n) is 20.8. The molecule has 2 aromatic carbocycles. The van der Waals surface area contributed by atoms with Crippen LogP contribution in [-0.4, -0.2) is 54.6 Å². The number of fused-ring (bicyclic) bond motifs is 1. The standard InChI is InChI=1S/C28H37N3O3/c1-27(2)10-11-28(3,4)24-19(9-16-32)17-20(18-23(24)27)25(33)21-7-5-6-8-22(21)26(34)30-31-14-12-29-13-15-31/h5-8,17-18,29,32H,9-16H2,1-4H3,(H,30,34). The molecule has 0 saturated carbocycles. The maximum atomic E-state index is 13.8. The number of aliphatic hydroxyl groups is 1. The van der Waals surface area contributed by atoms with Crippen LogP contribution in [0.3, 0.4) is 0 Å². The molecule has 0 atom stereocenters. The summed E-state index contributed by atoms with van der Waals surface area (Å²) < 4.78 is 0. The van der Waals surface area contributed by atoms with Gasteiger partial charge in [0, 0.05) is 43.9 Å². The Hall–Kier alpha value is -2.54. The van der Waals surface area contributed by atoms with Crippen LogP contribution in [0.5, 0.6) is 0 Å². The second-order valence-electron chi connectivity index (χ2n) is 10.9. The van der Waals surface area contributed by atoms with E-state index in [0.29, 0.717) is 23.1 Å². The van der Waals surface area contributed by atoms with Gasteiger partial charge in [0.2, 0.25) is 0 Å². The lowest BCUT2D eigenvalue weighted by atomic mass is 9.61. The monoisotopic (exact) mass is 463 g/mol. The molecule has 6 heteroatoms. The lowest BCUT2D eigenvalue weighted by Gasteiger charge is -2.43. The lowest BCUT2D eigenvalue weighted by molar-refractivity contribution is 0.0761. The molecule has 6 nitrogen and oxygen atoms in total. The van der Waals surface area contributed by atoms with E-state index in [4.69, 9.17) is 0 Å². The number of nitrogens with zero attached hydrogens (tertiary/aromatic N) is 1. The zero-order valence-corrected chi connectivity index (χ0v) is 20.8. The minimum absolute atomic E-state index is 0.0158. The fourth-order valence-corrected chi connectivity index (χ4v) is 5.38. The molecule has 0 radical (unpaired) electrons. The number of aliphatic hydroxyl groups excluding tert-OH is 1. The smallest absolute Gasteiger partial charge is 0.266 e. The van der Waals surface area contributed by atoms with E-state index < -0.39 is 0 Å². The van der Waals surface area contributed by atoms with E-state index in [1.165, 1.54) is 11.1 Å². The second kappa shape index (κ2) is 9.61. The summed E-state index contributed by atoms with van der Waals surface area (Å²) in [4.78, 5) is 26.9. The van der Waals surface area contributed by atoms with Gasteiger partial charge in [0.25, 0.3) is 5.91 Å². The van der Waals surface area contributed by atoms with Gasteiger partial charge in [0.15, 0.2) is 5.78 Å². The highest BCUT2D eigenvalue weighted by molar-refractivity contribution is 6.15. The molecule has 3 N–H and O–H groups in total. The Morgan fingerprint density at radius 3 is 2.32 bits per heavy atom. The molecular weight excluding hydrogens is 426 g/mol. The maximum absolute atomic E-state index is 13.8. The molecule has 1 aliphatic heterocycles. The fraction of sp³-hybridized carbons (Fsp3) is 0.500. The number of hydrogen-bond donors (Lipinski definition) is 3. The number of benzene rings is 2. The summed E-state index contributed by atoms with van der Waals surface area (Å²) >= 11 is 0. The largest absolute Gasteiger partial charge is 0.396 e. The van der Waals surface area contributed by atoms with E-state index in [2.05, 4.69) is 38.4 Å². The summed E-state index contributed by atoms with van der Waals surface area (Å²) in [6.07, 6.45) is 2.61. The second-order valence-corrected chi connectivity index (χ2v) is 10.9. The number of carbonyl (C=O) groups excluding carboxylic acids is 2. The van der Waals surface area contributed by atoms with Gasteiger partial charge in [-0.15, -0.1) is 0 Å². The van der Waals surface area contributed by atoms with Crippen molar-refractivity contribution in [3.05, 3.63) is 69.8 Å². The number of piperazine rings is 1. The number of hydrogen-bond acceptors (Lipinski definition) is 5. The summed E-state index contributed by atoms with van der Waals surface area (Å²) in [5, 5.41) is 15.0. The van der Waals surface area contributed by atoms with Crippen molar-refractivity contribution in [2.24, 2.45) is 0 Å². The van der Waals surface area contributed by atoms with Gasteiger partial charge >= 0.3 is 0 Å². The Morgan fingerprint density at radius 2 is 1.65 bits per heavy atom. The number of amides is 1. The van der Waals surface area contributed by atoms with Crippen molar-refractivity contribution in [2.45, 2.75) is 57.8 Å². The molecule has 1 fully saturated rings. The molecule has 182 valence electrons. The molecule has 1 heterocycles. The SMILES string of the molecule is CC1(C)CCC(C)(C)c2c(CCO)cc(C(=O)c3ccccc3C(=O)NN3CCNCC3)cc21. The van der Waals surface area contributed by atoms with Crippen LogP contribution >= 0.6 is 0 Å². The first-order valence-corrected chi connectivity index (χ1v) is 12.3. The van der Waals surface area contributed by atoms with Gasteiger partial charge in [-0.2, -0.15) is 0 Å². The first-order valence-electron chi connectivity index (χ1n) is 12.3. The van der Waals surface area contributed by atoms with Crippen molar-refractivity contribution in [2.75, 3.05) is 32.8 Å². The Morgan fingerprint density at radius 1 is 1.00 bits per heavy atom. The van der Waals surface area contributed by atoms with Crippen molar-refractivity contribution in [3.63, 3.8) is 0 Å². The average molecular weight is 464 g/mol. The summed E-state index contributed by atoms with van der Waals surface area (Å²) in [5.74, 6) is -0.423. The maximum Gasteiger partial charge on any atom is 0.266 e. The van der Waals surface area contributed by atoms with Crippen molar-refractivity contribution in [3.8, 4) is 0 Å². The quantitative estimate of drug-likeness (QED) is 0.573.